The number of anilines is 2. The summed E-state index contributed by atoms with van der Waals surface area (Å²) in [6.07, 6.45) is 3.48. The van der Waals surface area contributed by atoms with E-state index in [1.165, 1.54) is 0 Å². The molecule has 0 aliphatic carbocycles. The molecule has 184 valence electrons. The fourth-order valence-electron chi connectivity index (χ4n) is 3.08. The van der Waals surface area contributed by atoms with E-state index in [9.17, 15) is 0 Å². The average molecular weight is 650 g/mol. The second kappa shape index (κ2) is 13.5. The molecule has 0 aliphatic heterocycles. The zero-order valence-corrected chi connectivity index (χ0v) is 23.1. The summed E-state index contributed by atoms with van der Waals surface area (Å²) in [6.45, 7) is 0. The van der Waals surface area contributed by atoms with Crippen LogP contribution in [0.1, 0.15) is 0 Å². The van der Waals surface area contributed by atoms with Gasteiger partial charge in [0.15, 0.2) is 0 Å². The summed E-state index contributed by atoms with van der Waals surface area (Å²) in [7, 11) is 11.3. The van der Waals surface area contributed by atoms with Crippen LogP contribution in [0.4, 0.5) is 11.4 Å². The SMILES string of the molecule is COc1ccnc(-c2[c-]cc(N(C)C)cc2)c1.COc1ccnc(-c2[c-]cc(N(C)C)cc2)c1.[Pt+2]. The van der Waals surface area contributed by atoms with E-state index in [0.717, 1.165) is 45.4 Å². The van der Waals surface area contributed by atoms with Gasteiger partial charge in [-0.15, -0.1) is 59.7 Å². The van der Waals surface area contributed by atoms with Crippen LogP contribution in [0, 0.1) is 12.1 Å². The number of benzene rings is 2. The van der Waals surface area contributed by atoms with Gasteiger partial charge >= 0.3 is 21.1 Å². The Labute approximate surface area is 222 Å². The molecule has 0 atom stereocenters. The first-order valence-electron chi connectivity index (χ1n) is 10.8. The molecule has 0 fully saturated rings. The summed E-state index contributed by atoms with van der Waals surface area (Å²) in [5.74, 6) is 1.61. The van der Waals surface area contributed by atoms with Crippen LogP contribution in [0.25, 0.3) is 22.5 Å². The second-order valence-electron chi connectivity index (χ2n) is 7.87. The molecule has 0 saturated heterocycles. The zero-order valence-electron chi connectivity index (χ0n) is 20.8. The topological polar surface area (TPSA) is 50.7 Å². The third kappa shape index (κ3) is 7.83. The number of pyridine rings is 2. The van der Waals surface area contributed by atoms with Crippen molar-refractivity contribution in [2.45, 2.75) is 0 Å². The van der Waals surface area contributed by atoms with E-state index >= 15 is 0 Å². The van der Waals surface area contributed by atoms with E-state index < -0.39 is 0 Å². The Bertz CT molecular complexity index is 1090. The van der Waals surface area contributed by atoms with Gasteiger partial charge in [-0.05, 0) is 75.2 Å². The molecular formula is C28H30N4O2Pt. The summed E-state index contributed by atoms with van der Waals surface area (Å²) in [6, 6.07) is 26.0. The van der Waals surface area contributed by atoms with Crippen molar-refractivity contribution in [1.29, 1.82) is 0 Å². The van der Waals surface area contributed by atoms with Crippen LogP contribution in [0.3, 0.4) is 0 Å². The Hall–Kier alpha value is -3.37. The Kier molecular flexibility index (Phi) is 10.7. The molecule has 4 rings (SSSR count). The summed E-state index contributed by atoms with van der Waals surface area (Å²) in [4.78, 5) is 12.7. The fourth-order valence-corrected chi connectivity index (χ4v) is 3.08. The van der Waals surface area contributed by atoms with E-state index in [0.29, 0.717) is 0 Å². The average Bonchev–Trinajstić information content (AvgIpc) is 2.89. The molecule has 2 aromatic carbocycles. The maximum Gasteiger partial charge on any atom is 2.00 e. The maximum absolute atomic E-state index is 5.18. The van der Waals surface area contributed by atoms with Crippen molar-refractivity contribution in [1.82, 2.24) is 9.97 Å². The van der Waals surface area contributed by atoms with Crippen LogP contribution in [0.2, 0.25) is 0 Å². The molecule has 35 heavy (non-hydrogen) atoms. The molecule has 6 nitrogen and oxygen atoms in total. The van der Waals surface area contributed by atoms with E-state index in [1.54, 1.807) is 26.6 Å². The molecule has 0 amide bonds. The molecule has 0 spiro atoms. The molecule has 2 heterocycles. The summed E-state index contributed by atoms with van der Waals surface area (Å²) >= 11 is 0. The van der Waals surface area contributed by atoms with Gasteiger partial charge in [-0.1, -0.05) is 0 Å². The third-order valence-corrected chi connectivity index (χ3v) is 5.11. The van der Waals surface area contributed by atoms with Gasteiger partial charge in [0, 0.05) is 12.4 Å². The Morgan fingerprint density at radius 1 is 0.629 bits per heavy atom. The first-order valence-corrected chi connectivity index (χ1v) is 10.8. The normalized spacial score (nSPS) is 9.77. The van der Waals surface area contributed by atoms with Crippen molar-refractivity contribution < 1.29 is 30.5 Å². The van der Waals surface area contributed by atoms with Crippen molar-refractivity contribution in [3.05, 3.63) is 85.2 Å². The van der Waals surface area contributed by atoms with Gasteiger partial charge in [0.25, 0.3) is 0 Å². The van der Waals surface area contributed by atoms with Gasteiger partial charge < -0.3 is 29.2 Å². The third-order valence-electron chi connectivity index (χ3n) is 5.11. The first-order chi connectivity index (χ1) is 16.4. The standard InChI is InChI=1S/2C14H15N2O.Pt/c2*1-16(2)12-6-4-11(5-7-12)14-10-13(17-3)8-9-15-14;/h2*4,6-10H,1-3H3;/q2*-1;+2. The summed E-state index contributed by atoms with van der Waals surface area (Å²) < 4.78 is 10.4. The van der Waals surface area contributed by atoms with Gasteiger partial charge in [-0.2, -0.15) is 0 Å². The molecule has 4 aromatic rings. The first kappa shape index (κ1) is 27.9. The van der Waals surface area contributed by atoms with Crippen LogP contribution in [0.15, 0.2) is 73.1 Å². The van der Waals surface area contributed by atoms with Crippen molar-refractivity contribution in [2.75, 3.05) is 52.2 Å². The van der Waals surface area contributed by atoms with Crippen LogP contribution in [-0.4, -0.2) is 52.4 Å². The number of hydrogen-bond acceptors (Lipinski definition) is 6. The number of hydrogen-bond donors (Lipinski definition) is 0. The predicted octanol–water partition coefficient (Wildman–Crippen LogP) is 5.24. The van der Waals surface area contributed by atoms with Crippen LogP contribution < -0.4 is 19.3 Å². The minimum Gasteiger partial charge on any atom is -0.497 e. The zero-order chi connectivity index (χ0) is 24.5. The molecule has 7 heteroatoms. The number of methoxy groups -OCH3 is 2. The van der Waals surface area contributed by atoms with Gasteiger partial charge in [-0.25, -0.2) is 0 Å². The van der Waals surface area contributed by atoms with Crippen LogP contribution >= 0.6 is 0 Å². The van der Waals surface area contributed by atoms with Crippen molar-refractivity contribution in [2.24, 2.45) is 0 Å². The molecule has 0 N–H and O–H groups in total. The molecule has 2 aromatic heterocycles. The fraction of sp³-hybridized carbons (Fsp3) is 0.214. The summed E-state index contributed by atoms with van der Waals surface area (Å²) in [5.41, 5.74) is 5.92. The smallest absolute Gasteiger partial charge is 0.497 e. The Morgan fingerprint density at radius 2 is 1.03 bits per heavy atom. The molecular weight excluding hydrogens is 619 g/mol. The number of ether oxygens (including phenoxy) is 2. The molecule has 0 saturated carbocycles. The molecule has 0 unspecified atom stereocenters. The molecule has 0 bridgehead atoms. The number of rotatable bonds is 6. The minimum absolute atomic E-state index is 0. The van der Waals surface area contributed by atoms with Gasteiger partial charge in [0.05, 0.1) is 14.2 Å². The number of nitrogens with zero attached hydrogens (tertiary/aromatic N) is 4. The van der Waals surface area contributed by atoms with Crippen molar-refractivity contribution in [3.8, 4) is 34.0 Å². The van der Waals surface area contributed by atoms with Gasteiger partial charge in [0.1, 0.15) is 11.5 Å². The largest absolute Gasteiger partial charge is 2.00 e. The monoisotopic (exact) mass is 649 g/mol. The Morgan fingerprint density at radius 3 is 1.31 bits per heavy atom. The molecule has 0 radical (unpaired) electrons. The van der Waals surface area contributed by atoms with Crippen LogP contribution in [0.5, 0.6) is 11.5 Å². The summed E-state index contributed by atoms with van der Waals surface area (Å²) in [5, 5.41) is 0. The second-order valence-corrected chi connectivity index (χ2v) is 7.87. The van der Waals surface area contributed by atoms with Gasteiger partial charge in [0.2, 0.25) is 0 Å². The van der Waals surface area contributed by atoms with Crippen molar-refractivity contribution in [3.63, 3.8) is 0 Å². The number of aromatic nitrogens is 2. The van der Waals surface area contributed by atoms with E-state index in [-0.39, 0.29) is 21.1 Å². The van der Waals surface area contributed by atoms with Crippen molar-refractivity contribution >= 4 is 11.4 Å². The van der Waals surface area contributed by atoms with Crippen LogP contribution in [-0.2, 0) is 21.1 Å². The van der Waals surface area contributed by atoms with E-state index in [4.69, 9.17) is 9.47 Å². The molecule has 0 aliphatic rings. The van der Waals surface area contributed by atoms with E-state index in [2.05, 4.69) is 22.1 Å². The quantitative estimate of drug-likeness (QED) is 0.267. The predicted molar refractivity (Wildman–Crippen MR) is 139 cm³/mol. The van der Waals surface area contributed by atoms with Gasteiger partial charge in [-0.3, -0.25) is 0 Å². The Balaban J connectivity index is 0.000000240. The minimum atomic E-state index is 0. The van der Waals surface area contributed by atoms with E-state index in [1.807, 2.05) is 98.7 Å². The maximum atomic E-state index is 5.18.